The summed E-state index contributed by atoms with van der Waals surface area (Å²) in [5.41, 5.74) is 2.68. The van der Waals surface area contributed by atoms with Gasteiger partial charge in [-0.3, -0.25) is 0 Å². The van der Waals surface area contributed by atoms with Crippen LogP contribution in [0.3, 0.4) is 0 Å². The molecule has 2 bridgehead atoms. The zero-order chi connectivity index (χ0) is 18.6. The minimum atomic E-state index is -1.86. The summed E-state index contributed by atoms with van der Waals surface area (Å²) in [6.45, 7) is 12.0. The minimum Gasteiger partial charge on any atom is -0.413 e. The summed E-state index contributed by atoms with van der Waals surface area (Å²) >= 11 is 0. The molecule has 0 aromatic heterocycles. The molecular formula is C23H28O2Si. The monoisotopic (exact) mass is 364 g/mol. The second kappa shape index (κ2) is 5.65. The van der Waals surface area contributed by atoms with Crippen LogP contribution in [-0.4, -0.2) is 14.9 Å². The molecule has 2 aliphatic heterocycles. The van der Waals surface area contributed by atoms with Gasteiger partial charge in [0.05, 0.1) is 6.61 Å². The summed E-state index contributed by atoms with van der Waals surface area (Å²) in [4.78, 5) is 0. The molecule has 2 aromatic carbocycles. The Balaban J connectivity index is 1.73. The fourth-order valence-electron chi connectivity index (χ4n) is 3.73. The van der Waals surface area contributed by atoms with E-state index < -0.39 is 19.5 Å². The molecular weight excluding hydrogens is 336 g/mol. The zero-order valence-corrected chi connectivity index (χ0v) is 17.4. The smallest absolute Gasteiger partial charge is 0.192 e. The molecule has 136 valence electrons. The van der Waals surface area contributed by atoms with Gasteiger partial charge in [-0.25, -0.2) is 0 Å². The fourth-order valence-corrected chi connectivity index (χ4v) is 4.74. The highest BCUT2D eigenvalue weighted by Crippen LogP contribution is 2.57. The first-order valence-electron chi connectivity index (χ1n) is 9.40. The van der Waals surface area contributed by atoms with Crippen molar-refractivity contribution in [2.24, 2.45) is 0 Å². The zero-order valence-electron chi connectivity index (χ0n) is 16.4. The van der Waals surface area contributed by atoms with Gasteiger partial charge < -0.3 is 9.16 Å². The highest BCUT2D eigenvalue weighted by atomic mass is 28.4. The molecule has 0 saturated carbocycles. The van der Waals surface area contributed by atoms with Crippen LogP contribution >= 0.6 is 0 Å². The average Bonchev–Trinajstić information content (AvgIpc) is 3.15. The van der Waals surface area contributed by atoms with Crippen molar-refractivity contribution in [3.8, 4) is 0 Å². The van der Waals surface area contributed by atoms with Gasteiger partial charge in [-0.1, -0.05) is 75.4 Å². The van der Waals surface area contributed by atoms with Crippen LogP contribution in [0.25, 0.3) is 0 Å². The predicted octanol–water partition coefficient (Wildman–Crippen LogP) is 5.75. The highest BCUT2D eigenvalue weighted by molar-refractivity contribution is 6.74. The lowest BCUT2D eigenvalue weighted by atomic mass is 9.79. The van der Waals surface area contributed by atoms with E-state index in [4.69, 9.17) is 9.16 Å². The van der Waals surface area contributed by atoms with Crippen LogP contribution in [0.1, 0.15) is 37.5 Å². The Kier molecular flexibility index (Phi) is 3.85. The standard InChI is InChI=1S/C23H28O2Si/c1-21(2,3)26(4,5)24-17-22-15-16-23(25-22,18-11-7-6-8-12-18)20-14-10-9-13-19(20)22/h6-16H,17H2,1-5H3/t22-,23+/m0/s1. The molecule has 0 amide bonds. The third-order valence-corrected chi connectivity index (χ3v) is 10.8. The lowest BCUT2D eigenvalue weighted by Gasteiger charge is -2.38. The molecule has 2 aromatic rings. The van der Waals surface area contributed by atoms with Crippen molar-refractivity contribution in [3.05, 3.63) is 83.4 Å². The van der Waals surface area contributed by atoms with Crippen molar-refractivity contribution in [3.63, 3.8) is 0 Å². The van der Waals surface area contributed by atoms with Gasteiger partial charge in [-0.2, -0.15) is 0 Å². The Morgan fingerprint density at radius 1 is 0.885 bits per heavy atom. The molecule has 3 heteroatoms. The summed E-state index contributed by atoms with van der Waals surface area (Å²) in [5.74, 6) is 0. The molecule has 2 nitrogen and oxygen atoms in total. The fraction of sp³-hybridized carbons (Fsp3) is 0.391. The largest absolute Gasteiger partial charge is 0.413 e. The van der Waals surface area contributed by atoms with Gasteiger partial charge >= 0.3 is 0 Å². The molecule has 0 spiro atoms. The van der Waals surface area contributed by atoms with Crippen molar-refractivity contribution in [1.29, 1.82) is 0 Å². The van der Waals surface area contributed by atoms with E-state index in [1.807, 2.05) is 6.07 Å². The molecule has 26 heavy (non-hydrogen) atoms. The third-order valence-electron chi connectivity index (χ3n) is 6.37. The number of hydrogen-bond donors (Lipinski definition) is 0. The first kappa shape index (κ1) is 17.7. The molecule has 0 unspecified atom stereocenters. The molecule has 4 rings (SSSR count). The molecule has 2 heterocycles. The van der Waals surface area contributed by atoms with Crippen molar-refractivity contribution in [2.45, 2.75) is 50.1 Å². The van der Waals surface area contributed by atoms with Crippen molar-refractivity contribution in [1.82, 2.24) is 0 Å². The minimum absolute atomic E-state index is 0.181. The Labute approximate surface area is 158 Å². The summed E-state index contributed by atoms with van der Waals surface area (Å²) in [7, 11) is -1.86. The molecule has 2 atom stereocenters. The lowest BCUT2D eigenvalue weighted by molar-refractivity contribution is -0.0730. The van der Waals surface area contributed by atoms with Gasteiger partial charge in [0.2, 0.25) is 0 Å². The van der Waals surface area contributed by atoms with Gasteiger partial charge in [0.1, 0.15) is 11.2 Å². The van der Waals surface area contributed by atoms with Crippen molar-refractivity contribution in [2.75, 3.05) is 6.61 Å². The van der Waals surface area contributed by atoms with Gasteiger partial charge in [0.15, 0.2) is 8.32 Å². The van der Waals surface area contributed by atoms with Crippen molar-refractivity contribution >= 4 is 8.32 Å². The number of rotatable bonds is 4. The SMILES string of the molecule is CC(C)(C)[Si](C)(C)OC[C@]12C=C[C@](c3ccccc3)(O1)c1ccccc12. The number of ether oxygens (including phenoxy) is 1. The maximum absolute atomic E-state index is 6.80. The molecule has 0 saturated heterocycles. The third kappa shape index (κ3) is 2.45. The van der Waals surface area contributed by atoms with Crippen LogP contribution in [-0.2, 0) is 20.4 Å². The highest BCUT2D eigenvalue weighted by Gasteiger charge is 2.57. The summed E-state index contributed by atoms with van der Waals surface area (Å²) < 4.78 is 13.4. The van der Waals surface area contributed by atoms with E-state index in [-0.39, 0.29) is 5.04 Å². The Hall–Kier alpha value is -1.68. The van der Waals surface area contributed by atoms with E-state index in [9.17, 15) is 0 Å². The van der Waals surface area contributed by atoms with Crippen molar-refractivity contribution < 1.29 is 9.16 Å². The van der Waals surface area contributed by atoms with E-state index in [1.54, 1.807) is 0 Å². The number of fused-ring (bicyclic) bond motifs is 5. The van der Waals surface area contributed by atoms with Crippen LogP contribution in [0, 0.1) is 0 Å². The second-order valence-electron chi connectivity index (χ2n) is 9.02. The maximum Gasteiger partial charge on any atom is 0.192 e. The van der Waals surface area contributed by atoms with E-state index in [1.165, 1.54) is 16.7 Å². The van der Waals surface area contributed by atoms with E-state index >= 15 is 0 Å². The quantitative estimate of drug-likeness (QED) is 0.508. The first-order chi connectivity index (χ1) is 12.2. The van der Waals surface area contributed by atoms with E-state index in [0.29, 0.717) is 6.61 Å². The van der Waals surface area contributed by atoms with Crippen LogP contribution in [0.15, 0.2) is 66.7 Å². The van der Waals surface area contributed by atoms with Gasteiger partial charge in [-0.05, 0) is 47.0 Å². The Morgan fingerprint density at radius 2 is 1.50 bits per heavy atom. The normalized spacial score (nSPS) is 27.0. The average molecular weight is 365 g/mol. The Bertz CT molecular complexity index is 850. The molecule has 0 radical (unpaired) electrons. The van der Waals surface area contributed by atoms with Crippen LogP contribution in [0.4, 0.5) is 0 Å². The van der Waals surface area contributed by atoms with Crippen LogP contribution in [0.2, 0.25) is 18.1 Å². The molecule has 0 N–H and O–H groups in total. The summed E-state index contributed by atoms with van der Waals surface area (Å²) in [6.07, 6.45) is 4.44. The second-order valence-corrected chi connectivity index (χ2v) is 13.8. The van der Waals surface area contributed by atoms with Crippen LogP contribution in [0.5, 0.6) is 0 Å². The van der Waals surface area contributed by atoms with Gasteiger partial charge in [-0.15, -0.1) is 0 Å². The Morgan fingerprint density at radius 3 is 2.15 bits per heavy atom. The molecule has 0 aliphatic carbocycles. The summed E-state index contributed by atoms with van der Waals surface area (Å²) in [6, 6.07) is 19.1. The molecule has 2 aliphatic rings. The predicted molar refractivity (Wildman–Crippen MR) is 109 cm³/mol. The molecule has 0 fully saturated rings. The van der Waals surface area contributed by atoms with Crippen LogP contribution < -0.4 is 0 Å². The number of benzene rings is 2. The van der Waals surface area contributed by atoms with E-state index in [0.717, 1.165) is 0 Å². The number of hydrogen-bond acceptors (Lipinski definition) is 2. The first-order valence-corrected chi connectivity index (χ1v) is 12.3. The van der Waals surface area contributed by atoms with Gasteiger partial charge in [0.25, 0.3) is 0 Å². The maximum atomic E-state index is 6.80. The van der Waals surface area contributed by atoms with E-state index in [2.05, 4.69) is 94.5 Å². The lowest BCUT2D eigenvalue weighted by Crippen LogP contribution is -2.44. The topological polar surface area (TPSA) is 18.5 Å². The summed E-state index contributed by atoms with van der Waals surface area (Å²) in [5, 5.41) is 0.181. The van der Waals surface area contributed by atoms with Gasteiger partial charge in [0, 0.05) is 0 Å².